The number of hydrogen-bond acceptors (Lipinski definition) is 2. The number of halogens is 1. The summed E-state index contributed by atoms with van der Waals surface area (Å²) in [5, 5.41) is 5.80. The molecule has 3 heteroatoms. The fourth-order valence-corrected chi connectivity index (χ4v) is 4.04. The molecule has 0 spiro atoms. The van der Waals surface area contributed by atoms with Crippen molar-refractivity contribution in [1.29, 1.82) is 0 Å². The van der Waals surface area contributed by atoms with Gasteiger partial charge in [0, 0.05) is 22.1 Å². The molecule has 0 aliphatic carbocycles. The molecule has 4 rings (SSSR count). The van der Waals surface area contributed by atoms with E-state index in [1.54, 1.807) is 0 Å². The van der Waals surface area contributed by atoms with Crippen LogP contribution in [-0.4, -0.2) is 5.78 Å². The van der Waals surface area contributed by atoms with Gasteiger partial charge in [0.15, 0.2) is 5.78 Å². The van der Waals surface area contributed by atoms with Gasteiger partial charge in [-0.2, -0.15) is 0 Å². The van der Waals surface area contributed by atoms with Crippen molar-refractivity contribution in [1.82, 2.24) is 0 Å². The van der Waals surface area contributed by atoms with Crippen LogP contribution < -0.4 is 5.32 Å². The number of fused-ring (bicyclic) bond motifs is 1. The van der Waals surface area contributed by atoms with Crippen LogP contribution in [0.3, 0.4) is 0 Å². The Labute approximate surface area is 192 Å². The second-order valence-corrected chi connectivity index (χ2v) is 9.13. The number of nitrogens with one attached hydrogen (secondary N) is 1. The summed E-state index contributed by atoms with van der Waals surface area (Å²) in [7, 11) is 0. The predicted molar refractivity (Wildman–Crippen MR) is 134 cm³/mol. The SMILES string of the molecule is CC(C)c1ccc(C(CC(=O)c2ccc3ccccc3c2)Nc2ccc(Br)cc2)cc1. The number of benzene rings is 4. The molecule has 0 saturated carbocycles. The lowest BCUT2D eigenvalue weighted by atomic mass is 9.94. The van der Waals surface area contributed by atoms with E-state index in [2.05, 4.69) is 65.4 Å². The Balaban J connectivity index is 1.61. The van der Waals surface area contributed by atoms with Crippen LogP contribution in [0.4, 0.5) is 5.69 Å². The van der Waals surface area contributed by atoms with Gasteiger partial charge < -0.3 is 5.32 Å². The minimum absolute atomic E-state index is 0.110. The molecule has 31 heavy (non-hydrogen) atoms. The molecule has 0 saturated heterocycles. The number of carbonyl (C=O) groups is 1. The molecule has 156 valence electrons. The molecule has 2 nitrogen and oxygen atoms in total. The first-order valence-electron chi connectivity index (χ1n) is 10.6. The van der Waals surface area contributed by atoms with Crippen molar-refractivity contribution in [3.05, 3.63) is 112 Å². The van der Waals surface area contributed by atoms with Gasteiger partial charge in [-0.15, -0.1) is 0 Å². The van der Waals surface area contributed by atoms with E-state index in [0.717, 1.165) is 32.1 Å². The van der Waals surface area contributed by atoms with Crippen LogP contribution in [0.2, 0.25) is 0 Å². The van der Waals surface area contributed by atoms with Gasteiger partial charge in [0.05, 0.1) is 6.04 Å². The maximum Gasteiger partial charge on any atom is 0.165 e. The van der Waals surface area contributed by atoms with Crippen LogP contribution in [0.5, 0.6) is 0 Å². The van der Waals surface area contributed by atoms with E-state index in [1.807, 2.05) is 60.7 Å². The molecule has 0 aliphatic rings. The van der Waals surface area contributed by atoms with Gasteiger partial charge in [-0.1, -0.05) is 90.4 Å². The summed E-state index contributed by atoms with van der Waals surface area (Å²) >= 11 is 3.49. The Morgan fingerprint density at radius 3 is 2.13 bits per heavy atom. The van der Waals surface area contributed by atoms with Crippen molar-refractivity contribution in [3.8, 4) is 0 Å². The molecule has 1 unspecified atom stereocenters. The van der Waals surface area contributed by atoms with Gasteiger partial charge in [0.2, 0.25) is 0 Å². The van der Waals surface area contributed by atoms with E-state index >= 15 is 0 Å². The Morgan fingerprint density at radius 1 is 0.806 bits per heavy atom. The molecule has 0 heterocycles. The number of Topliss-reactive ketones (excluding diaryl/α,β-unsaturated/α-hetero) is 1. The van der Waals surface area contributed by atoms with Crippen LogP contribution in [0.1, 0.15) is 53.7 Å². The fourth-order valence-electron chi connectivity index (χ4n) is 3.78. The smallest absolute Gasteiger partial charge is 0.165 e. The monoisotopic (exact) mass is 471 g/mol. The first-order valence-corrected chi connectivity index (χ1v) is 11.4. The molecule has 0 aliphatic heterocycles. The molecule has 0 bridgehead atoms. The lowest BCUT2D eigenvalue weighted by Crippen LogP contribution is -2.16. The maximum atomic E-state index is 13.2. The number of carbonyl (C=O) groups excluding carboxylic acids is 1. The molecule has 4 aromatic carbocycles. The van der Waals surface area contributed by atoms with Gasteiger partial charge in [0.1, 0.15) is 0 Å². The average Bonchev–Trinajstić information content (AvgIpc) is 2.79. The normalized spacial score (nSPS) is 12.1. The third kappa shape index (κ3) is 5.23. The fraction of sp³-hybridized carbons (Fsp3) is 0.179. The van der Waals surface area contributed by atoms with Crippen LogP contribution in [-0.2, 0) is 0 Å². The standard InChI is InChI=1S/C28H26BrNO/c1-19(2)20-7-10-22(11-8-20)27(30-26-15-13-25(29)14-16-26)18-28(31)24-12-9-21-5-3-4-6-23(21)17-24/h3-17,19,27,30H,18H2,1-2H3. The third-order valence-corrected chi connectivity index (χ3v) is 6.18. The molecule has 0 amide bonds. The van der Waals surface area contributed by atoms with Gasteiger partial charge >= 0.3 is 0 Å². The van der Waals surface area contributed by atoms with E-state index in [0.29, 0.717) is 12.3 Å². The van der Waals surface area contributed by atoms with Gasteiger partial charge in [-0.25, -0.2) is 0 Å². The zero-order chi connectivity index (χ0) is 21.8. The van der Waals surface area contributed by atoms with Crippen LogP contribution in [0.25, 0.3) is 10.8 Å². The highest BCUT2D eigenvalue weighted by Crippen LogP contribution is 2.28. The first kappa shape index (κ1) is 21.3. The van der Waals surface area contributed by atoms with E-state index < -0.39 is 0 Å². The summed E-state index contributed by atoms with van der Waals surface area (Å²) in [6.07, 6.45) is 0.384. The highest BCUT2D eigenvalue weighted by molar-refractivity contribution is 9.10. The Morgan fingerprint density at radius 2 is 1.45 bits per heavy atom. The lowest BCUT2D eigenvalue weighted by Gasteiger charge is -2.21. The maximum absolute atomic E-state index is 13.2. The molecular weight excluding hydrogens is 446 g/mol. The van der Waals surface area contributed by atoms with E-state index in [9.17, 15) is 4.79 Å². The Bertz CT molecular complexity index is 1180. The molecule has 4 aromatic rings. The summed E-state index contributed by atoms with van der Waals surface area (Å²) in [5.41, 5.74) is 4.15. The molecule has 0 radical (unpaired) electrons. The largest absolute Gasteiger partial charge is 0.378 e. The molecule has 1 N–H and O–H groups in total. The van der Waals surface area contributed by atoms with Crippen LogP contribution in [0.15, 0.2) is 95.5 Å². The number of rotatable bonds is 7. The quantitative estimate of drug-likeness (QED) is 0.275. The Hall–Kier alpha value is -2.91. The van der Waals surface area contributed by atoms with Gasteiger partial charge in [0.25, 0.3) is 0 Å². The summed E-state index contributed by atoms with van der Waals surface area (Å²) in [5.74, 6) is 0.611. The summed E-state index contributed by atoms with van der Waals surface area (Å²) < 4.78 is 1.03. The van der Waals surface area contributed by atoms with Crippen LogP contribution in [0, 0.1) is 0 Å². The van der Waals surface area contributed by atoms with Crippen molar-refractivity contribution in [3.63, 3.8) is 0 Å². The lowest BCUT2D eigenvalue weighted by molar-refractivity contribution is 0.0976. The predicted octanol–water partition coefficient (Wildman–Crippen LogP) is 8.15. The van der Waals surface area contributed by atoms with Gasteiger partial charge in [-0.3, -0.25) is 4.79 Å². The third-order valence-electron chi connectivity index (χ3n) is 5.65. The van der Waals surface area contributed by atoms with Crippen molar-refractivity contribution in [2.24, 2.45) is 0 Å². The van der Waals surface area contributed by atoms with Crippen molar-refractivity contribution < 1.29 is 4.79 Å². The summed E-state index contributed by atoms with van der Waals surface area (Å²) in [4.78, 5) is 13.2. The van der Waals surface area contributed by atoms with Crippen molar-refractivity contribution >= 4 is 38.2 Å². The highest BCUT2D eigenvalue weighted by Gasteiger charge is 2.18. The molecule has 0 fully saturated rings. The van der Waals surface area contributed by atoms with Crippen molar-refractivity contribution in [2.75, 3.05) is 5.32 Å². The van der Waals surface area contributed by atoms with Crippen LogP contribution >= 0.6 is 15.9 Å². The molecular formula is C28H26BrNO. The zero-order valence-corrected chi connectivity index (χ0v) is 19.4. The average molecular weight is 472 g/mol. The first-order chi connectivity index (χ1) is 15.0. The van der Waals surface area contributed by atoms with E-state index in [-0.39, 0.29) is 11.8 Å². The minimum atomic E-state index is -0.110. The topological polar surface area (TPSA) is 29.1 Å². The van der Waals surface area contributed by atoms with Crippen molar-refractivity contribution in [2.45, 2.75) is 32.2 Å². The zero-order valence-electron chi connectivity index (χ0n) is 17.8. The summed E-state index contributed by atoms with van der Waals surface area (Å²) in [6.45, 7) is 4.38. The number of ketones is 1. The van der Waals surface area contributed by atoms with Gasteiger partial charge in [-0.05, 0) is 58.1 Å². The number of hydrogen-bond donors (Lipinski definition) is 1. The number of anilines is 1. The summed E-state index contributed by atoms with van der Waals surface area (Å²) in [6, 6.07) is 30.7. The van der Waals surface area contributed by atoms with E-state index in [4.69, 9.17) is 0 Å². The molecule has 0 aromatic heterocycles. The Kier molecular flexibility index (Phi) is 6.53. The van der Waals surface area contributed by atoms with E-state index in [1.165, 1.54) is 5.56 Å². The second kappa shape index (κ2) is 9.49. The minimum Gasteiger partial charge on any atom is -0.378 e. The highest BCUT2D eigenvalue weighted by atomic mass is 79.9. The second-order valence-electron chi connectivity index (χ2n) is 8.21. The molecule has 1 atom stereocenters.